The summed E-state index contributed by atoms with van der Waals surface area (Å²) >= 11 is 0. The highest BCUT2D eigenvalue weighted by Crippen LogP contribution is 2.27. The Morgan fingerprint density at radius 2 is 1.68 bits per heavy atom. The summed E-state index contributed by atoms with van der Waals surface area (Å²) in [5.41, 5.74) is 0.138. The van der Waals surface area contributed by atoms with Gasteiger partial charge in [0.1, 0.15) is 17.9 Å². The van der Waals surface area contributed by atoms with Crippen LogP contribution in [0.2, 0.25) is 0 Å². The smallest absolute Gasteiger partial charge is 0.342 e. The Morgan fingerprint density at radius 3 is 2.29 bits per heavy atom. The Hall–Kier alpha value is -3.62. The van der Waals surface area contributed by atoms with Crippen molar-refractivity contribution >= 4 is 11.9 Å². The summed E-state index contributed by atoms with van der Waals surface area (Å²) in [5.74, 6) is -0.725. The lowest BCUT2D eigenvalue weighted by Crippen LogP contribution is -2.15. The van der Waals surface area contributed by atoms with E-state index in [1.807, 2.05) is 0 Å². The Morgan fingerprint density at radius 1 is 1.04 bits per heavy atom. The molecular weight excluding hydrogens is 368 g/mol. The summed E-state index contributed by atoms with van der Waals surface area (Å²) in [6.45, 7) is 5.09. The quantitative estimate of drug-likeness (QED) is 0.473. The lowest BCUT2D eigenvalue weighted by atomic mass is 10.2. The van der Waals surface area contributed by atoms with E-state index in [0.29, 0.717) is 0 Å². The van der Waals surface area contributed by atoms with Crippen molar-refractivity contribution in [1.29, 1.82) is 0 Å². The van der Waals surface area contributed by atoms with E-state index in [1.54, 1.807) is 25.1 Å². The molecule has 1 heterocycles. The van der Waals surface area contributed by atoms with Crippen molar-refractivity contribution in [1.82, 2.24) is 9.97 Å². The molecule has 0 amide bonds. The van der Waals surface area contributed by atoms with Crippen molar-refractivity contribution in [2.24, 2.45) is 0 Å². The molecular formula is C19H20N2O7. The van der Waals surface area contributed by atoms with Crippen LogP contribution in [-0.2, 0) is 14.3 Å². The van der Waals surface area contributed by atoms with E-state index >= 15 is 0 Å². The molecule has 0 aliphatic carbocycles. The molecule has 1 aromatic heterocycles. The van der Waals surface area contributed by atoms with Gasteiger partial charge < -0.3 is 23.7 Å². The number of methoxy groups -OCH3 is 2. The summed E-state index contributed by atoms with van der Waals surface area (Å²) in [4.78, 5) is 32.0. The number of para-hydroxylation sites is 1. The summed E-state index contributed by atoms with van der Waals surface area (Å²) in [7, 11) is 2.88. The number of hydrogen-bond donors (Lipinski definition) is 0. The number of benzene rings is 1. The van der Waals surface area contributed by atoms with Crippen LogP contribution in [0.1, 0.15) is 17.3 Å². The lowest BCUT2D eigenvalue weighted by Gasteiger charge is -2.11. The van der Waals surface area contributed by atoms with Gasteiger partial charge in [0.05, 0.1) is 32.5 Å². The van der Waals surface area contributed by atoms with Crippen molar-refractivity contribution in [3.05, 3.63) is 48.0 Å². The van der Waals surface area contributed by atoms with Crippen LogP contribution in [0.15, 0.2) is 42.5 Å². The van der Waals surface area contributed by atoms with Gasteiger partial charge in [0, 0.05) is 0 Å². The number of carbonyl (C=O) groups is 2. The predicted octanol–water partition coefficient (Wildman–Crippen LogP) is 2.56. The van der Waals surface area contributed by atoms with E-state index in [-0.39, 0.29) is 47.9 Å². The van der Waals surface area contributed by atoms with E-state index < -0.39 is 11.9 Å². The fourth-order valence-corrected chi connectivity index (χ4v) is 1.98. The molecule has 2 aromatic rings. The minimum absolute atomic E-state index is 0.0227. The first-order valence-corrected chi connectivity index (χ1v) is 8.24. The molecule has 0 saturated carbocycles. The molecule has 0 fully saturated rings. The fourth-order valence-electron chi connectivity index (χ4n) is 1.98. The van der Waals surface area contributed by atoms with Crippen molar-refractivity contribution in [2.75, 3.05) is 27.4 Å². The van der Waals surface area contributed by atoms with Gasteiger partial charge in [0.25, 0.3) is 0 Å². The Bertz CT molecular complexity index is 845. The summed E-state index contributed by atoms with van der Waals surface area (Å²) in [5, 5.41) is 0. The van der Waals surface area contributed by atoms with E-state index in [9.17, 15) is 9.59 Å². The Labute approximate surface area is 161 Å². The van der Waals surface area contributed by atoms with E-state index in [0.717, 1.165) is 0 Å². The number of esters is 2. The average Bonchev–Trinajstić information content (AvgIpc) is 2.71. The minimum Gasteiger partial charge on any atom is -0.481 e. The molecule has 1 aromatic carbocycles. The normalized spacial score (nSPS) is 9.96. The monoisotopic (exact) mass is 388 g/mol. The van der Waals surface area contributed by atoms with Crippen LogP contribution in [0.25, 0.3) is 0 Å². The van der Waals surface area contributed by atoms with Crippen LogP contribution in [0.3, 0.4) is 0 Å². The number of aromatic nitrogens is 2. The van der Waals surface area contributed by atoms with Crippen LogP contribution >= 0.6 is 0 Å². The van der Waals surface area contributed by atoms with Crippen molar-refractivity contribution in [2.45, 2.75) is 6.92 Å². The van der Waals surface area contributed by atoms with Gasteiger partial charge >= 0.3 is 17.9 Å². The molecule has 0 bridgehead atoms. The van der Waals surface area contributed by atoms with Crippen molar-refractivity contribution in [3.8, 4) is 23.5 Å². The van der Waals surface area contributed by atoms with Crippen LogP contribution in [0.5, 0.6) is 23.5 Å². The third-order valence-corrected chi connectivity index (χ3v) is 3.33. The van der Waals surface area contributed by atoms with Crippen LogP contribution in [0, 0.1) is 0 Å². The second-order valence-electron chi connectivity index (χ2n) is 5.23. The first-order valence-electron chi connectivity index (χ1n) is 8.24. The van der Waals surface area contributed by atoms with Gasteiger partial charge in [-0.2, -0.15) is 9.97 Å². The van der Waals surface area contributed by atoms with Gasteiger partial charge in [-0.1, -0.05) is 18.7 Å². The SMILES string of the molecule is C=C(COC(=O)c1ccccc1Oc1nc(OC)cc(OC)n1)C(=O)OCC. The minimum atomic E-state index is -0.712. The third kappa shape index (κ3) is 5.44. The van der Waals surface area contributed by atoms with Gasteiger partial charge in [-0.3, -0.25) is 0 Å². The zero-order valence-corrected chi connectivity index (χ0v) is 15.8. The summed E-state index contributed by atoms with van der Waals surface area (Å²) < 4.78 is 25.6. The molecule has 148 valence electrons. The van der Waals surface area contributed by atoms with E-state index in [2.05, 4.69) is 16.5 Å². The van der Waals surface area contributed by atoms with E-state index in [4.69, 9.17) is 23.7 Å². The fraction of sp³-hybridized carbons (Fsp3) is 0.263. The largest absolute Gasteiger partial charge is 0.481 e. The first-order chi connectivity index (χ1) is 13.5. The topological polar surface area (TPSA) is 106 Å². The summed E-state index contributed by atoms with van der Waals surface area (Å²) in [6.07, 6.45) is 0. The second-order valence-corrected chi connectivity index (χ2v) is 5.23. The standard InChI is InChI=1S/C19H20N2O7/c1-5-26-17(22)12(2)11-27-18(23)13-8-6-7-9-14(13)28-19-20-15(24-3)10-16(21-19)25-4/h6-10H,2,5,11H2,1,3-4H3. The molecule has 2 rings (SSSR count). The molecule has 0 unspecified atom stereocenters. The van der Waals surface area contributed by atoms with Gasteiger partial charge in [0.15, 0.2) is 0 Å². The highest BCUT2D eigenvalue weighted by molar-refractivity contribution is 5.94. The van der Waals surface area contributed by atoms with Gasteiger partial charge in [-0.25, -0.2) is 9.59 Å². The Kier molecular flexibility index (Phi) is 7.32. The molecule has 9 heteroatoms. The average molecular weight is 388 g/mol. The lowest BCUT2D eigenvalue weighted by molar-refractivity contribution is -0.138. The number of carbonyl (C=O) groups excluding carboxylic acids is 2. The number of rotatable bonds is 9. The molecule has 0 saturated heterocycles. The van der Waals surface area contributed by atoms with Crippen LogP contribution in [0.4, 0.5) is 0 Å². The number of ether oxygens (including phenoxy) is 5. The highest BCUT2D eigenvalue weighted by Gasteiger charge is 2.18. The maximum absolute atomic E-state index is 12.4. The van der Waals surface area contributed by atoms with Gasteiger partial charge in [-0.15, -0.1) is 0 Å². The molecule has 0 spiro atoms. The van der Waals surface area contributed by atoms with Crippen LogP contribution < -0.4 is 14.2 Å². The molecule has 0 N–H and O–H groups in total. The zero-order chi connectivity index (χ0) is 20.5. The molecule has 0 radical (unpaired) electrons. The number of hydrogen-bond acceptors (Lipinski definition) is 9. The van der Waals surface area contributed by atoms with Crippen molar-refractivity contribution < 1.29 is 33.3 Å². The molecule has 0 atom stereocenters. The molecule has 0 aliphatic rings. The Balaban J connectivity index is 2.15. The van der Waals surface area contributed by atoms with Gasteiger partial charge in [-0.05, 0) is 19.1 Å². The molecule has 28 heavy (non-hydrogen) atoms. The highest BCUT2D eigenvalue weighted by atomic mass is 16.6. The molecule has 0 aliphatic heterocycles. The second kappa shape index (κ2) is 9.91. The summed E-state index contributed by atoms with van der Waals surface area (Å²) in [6, 6.07) is 7.76. The third-order valence-electron chi connectivity index (χ3n) is 3.33. The van der Waals surface area contributed by atoms with Gasteiger partial charge in [0.2, 0.25) is 11.8 Å². The van der Waals surface area contributed by atoms with E-state index in [1.165, 1.54) is 26.4 Å². The first kappa shape index (κ1) is 20.7. The zero-order valence-electron chi connectivity index (χ0n) is 15.8. The number of nitrogens with zero attached hydrogens (tertiary/aromatic N) is 2. The maximum Gasteiger partial charge on any atom is 0.342 e. The van der Waals surface area contributed by atoms with Crippen molar-refractivity contribution in [3.63, 3.8) is 0 Å². The molecule has 9 nitrogen and oxygen atoms in total. The van der Waals surface area contributed by atoms with Crippen LogP contribution in [-0.4, -0.2) is 49.3 Å². The maximum atomic E-state index is 12.4. The predicted molar refractivity (Wildman–Crippen MR) is 97.7 cm³/mol.